The van der Waals surface area contributed by atoms with Crippen molar-refractivity contribution in [3.8, 4) is 0 Å². The van der Waals surface area contributed by atoms with Gasteiger partial charge in [-0.25, -0.2) is 0 Å². The van der Waals surface area contributed by atoms with E-state index < -0.39 is 24.7 Å². The number of carbonyl (C=O) groups excluding carboxylic acids is 1. The van der Waals surface area contributed by atoms with E-state index in [1.165, 1.54) is 4.90 Å². The van der Waals surface area contributed by atoms with E-state index in [0.717, 1.165) is 27.6 Å². The van der Waals surface area contributed by atoms with Gasteiger partial charge in [0, 0.05) is 17.4 Å². The third-order valence-electron chi connectivity index (χ3n) is 4.55. The summed E-state index contributed by atoms with van der Waals surface area (Å²) in [6, 6.07) is 3.93. The lowest BCUT2D eigenvalue weighted by Gasteiger charge is -2.33. The highest BCUT2D eigenvalue weighted by Crippen LogP contribution is 2.30. The van der Waals surface area contributed by atoms with Crippen molar-refractivity contribution >= 4 is 16.8 Å². The van der Waals surface area contributed by atoms with Gasteiger partial charge >= 0.3 is 6.18 Å². The molecule has 24 heavy (non-hydrogen) atoms. The van der Waals surface area contributed by atoms with Crippen molar-refractivity contribution in [2.45, 2.75) is 33.1 Å². The minimum absolute atomic E-state index is 0.118. The molecule has 1 aromatic carbocycles. The number of aromatic nitrogens is 1. The van der Waals surface area contributed by atoms with Gasteiger partial charge in [0.2, 0.25) is 0 Å². The van der Waals surface area contributed by atoms with Crippen LogP contribution < -0.4 is 0 Å². The normalized spacial score (nSPS) is 19.1. The van der Waals surface area contributed by atoms with Crippen LogP contribution in [0.3, 0.4) is 0 Å². The quantitative estimate of drug-likeness (QED) is 0.864. The van der Waals surface area contributed by atoms with Crippen LogP contribution in [0.5, 0.6) is 0 Å². The first-order valence-electron chi connectivity index (χ1n) is 7.76. The summed E-state index contributed by atoms with van der Waals surface area (Å²) in [7, 11) is 0. The highest BCUT2D eigenvalue weighted by molar-refractivity contribution is 6.02. The predicted molar refractivity (Wildman–Crippen MR) is 84.2 cm³/mol. The van der Waals surface area contributed by atoms with E-state index in [2.05, 4.69) is 4.98 Å². The molecule has 1 fully saturated rings. The number of amides is 1. The fourth-order valence-corrected chi connectivity index (χ4v) is 3.20. The summed E-state index contributed by atoms with van der Waals surface area (Å²) in [5.41, 5.74) is 4.00. The topological polar surface area (TPSA) is 45.3 Å². The van der Waals surface area contributed by atoms with Crippen molar-refractivity contribution in [2.24, 2.45) is 0 Å². The lowest BCUT2D eigenvalue weighted by Crippen LogP contribution is -2.51. The van der Waals surface area contributed by atoms with Crippen LogP contribution in [0.4, 0.5) is 13.2 Å². The number of nitrogens with one attached hydrogen (secondary N) is 1. The molecule has 0 saturated carbocycles. The SMILES string of the molecule is Cc1ccc(C)c2c(C)c(C(=O)N3CCO[C@@H](C(F)(F)F)C3)[nH]c12. The molecule has 1 amide bonds. The number of ether oxygens (including phenoxy) is 1. The van der Waals surface area contributed by atoms with Gasteiger partial charge in [-0.15, -0.1) is 0 Å². The van der Waals surface area contributed by atoms with Crippen LogP contribution in [-0.2, 0) is 4.74 Å². The summed E-state index contributed by atoms with van der Waals surface area (Å²) < 4.78 is 43.3. The zero-order valence-electron chi connectivity index (χ0n) is 13.8. The first kappa shape index (κ1) is 16.8. The molecule has 1 saturated heterocycles. The van der Waals surface area contributed by atoms with Crippen LogP contribution in [0.2, 0.25) is 0 Å². The molecule has 1 aliphatic rings. The number of aromatic amines is 1. The molecule has 0 spiro atoms. The summed E-state index contributed by atoms with van der Waals surface area (Å²) >= 11 is 0. The molecule has 4 nitrogen and oxygen atoms in total. The molecule has 0 unspecified atom stereocenters. The van der Waals surface area contributed by atoms with Crippen LogP contribution in [0.1, 0.15) is 27.2 Å². The molecule has 0 radical (unpaired) electrons. The maximum Gasteiger partial charge on any atom is 0.416 e. The molecule has 1 aromatic heterocycles. The molecule has 130 valence electrons. The van der Waals surface area contributed by atoms with E-state index >= 15 is 0 Å². The Morgan fingerprint density at radius 2 is 1.92 bits per heavy atom. The number of fused-ring (bicyclic) bond motifs is 1. The van der Waals surface area contributed by atoms with Gasteiger partial charge in [0.1, 0.15) is 5.69 Å². The fourth-order valence-electron chi connectivity index (χ4n) is 3.20. The molecule has 0 aliphatic carbocycles. The Balaban J connectivity index is 1.96. The van der Waals surface area contributed by atoms with E-state index in [0.29, 0.717) is 5.69 Å². The molecule has 2 aromatic rings. The number of alkyl halides is 3. The number of hydrogen-bond acceptors (Lipinski definition) is 2. The summed E-state index contributed by atoms with van der Waals surface area (Å²) in [4.78, 5) is 17.1. The molecule has 1 N–H and O–H groups in total. The van der Waals surface area contributed by atoms with Crippen molar-refractivity contribution < 1.29 is 22.7 Å². The Labute approximate surface area is 137 Å². The molecular formula is C17H19F3N2O2. The van der Waals surface area contributed by atoms with E-state index in [4.69, 9.17) is 4.74 Å². The number of H-pyrrole nitrogens is 1. The molecule has 3 rings (SSSR count). The zero-order chi connectivity index (χ0) is 17.6. The highest BCUT2D eigenvalue weighted by Gasteiger charge is 2.44. The number of carbonyl (C=O) groups is 1. The first-order valence-corrected chi connectivity index (χ1v) is 7.76. The summed E-state index contributed by atoms with van der Waals surface area (Å²) in [6.45, 7) is 5.26. The van der Waals surface area contributed by atoms with Crippen molar-refractivity contribution in [3.05, 3.63) is 34.5 Å². The maximum absolute atomic E-state index is 12.9. The number of nitrogens with zero attached hydrogens (tertiary/aromatic N) is 1. The molecule has 1 atom stereocenters. The number of rotatable bonds is 1. The van der Waals surface area contributed by atoms with Gasteiger partial charge in [-0.1, -0.05) is 12.1 Å². The minimum atomic E-state index is -4.47. The Morgan fingerprint density at radius 1 is 1.25 bits per heavy atom. The van der Waals surface area contributed by atoms with Gasteiger partial charge in [-0.2, -0.15) is 13.2 Å². The monoisotopic (exact) mass is 340 g/mol. The van der Waals surface area contributed by atoms with Gasteiger partial charge in [0.25, 0.3) is 5.91 Å². The Bertz CT molecular complexity index is 795. The van der Waals surface area contributed by atoms with Gasteiger partial charge in [-0.3, -0.25) is 4.79 Å². The standard InChI is InChI=1S/C17H19F3N2O2/c1-9-4-5-10(2)14-13(9)11(3)15(21-14)16(23)22-6-7-24-12(8-22)17(18,19)20/h4-5,12,21H,6-8H2,1-3H3/t12-/m1/s1. The third-order valence-corrected chi connectivity index (χ3v) is 4.55. The minimum Gasteiger partial charge on any atom is -0.365 e. The number of aryl methyl sites for hydroxylation is 3. The van der Waals surface area contributed by atoms with Gasteiger partial charge < -0.3 is 14.6 Å². The van der Waals surface area contributed by atoms with Crippen molar-refractivity contribution in [3.63, 3.8) is 0 Å². The lowest BCUT2D eigenvalue weighted by atomic mass is 10.0. The molecule has 7 heteroatoms. The Kier molecular flexibility index (Phi) is 4.07. The number of benzene rings is 1. The zero-order valence-corrected chi connectivity index (χ0v) is 13.8. The molecular weight excluding hydrogens is 321 g/mol. The van der Waals surface area contributed by atoms with Gasteiger partial charge in [-0.05, 0) is 37.5 Å². The Morgan fingerprint density at radius 3 is 2.54 bits per heavy atom. The summed E-state index contributed by atoms with van der Waals surface area (Å²) in [6.07, 6.45) is -6.40. The second-order valence-corrected chi connectivity index (χ2v) is 6.23. The van der Waals surface area contributed by atoms with Crippen LogP contribution in [0, 0.1) is 20.8 Å². The van der Waals surface area contributed by atoms with Crippen LogP contribution in [-0.4, -0.2) is 47.8 Å². The molecule has 0 bridgehead atoms. The van der Waals surface area contributed by atoms with Crippen molar-refractivity contribution in [1.82, 2.24) is 9.88 Å². The fraction of sp³-hybridized carbons (Fsp3) is 0.471. The predicted octanol–water partition coefficient (Wildman–Crippen LogP) is 3.50. The maximum atomic E-state index is 12.9. The van der Waals surface area contributed by atoms with E-state index in [1.54, 1.807) is 0 Å². The van der Waals surface area contributed by atoms with Crippen LogP contribution in [0.25, 0.3) is 10.9 Å². The number of hydrogen-bond donors (Lipinski definition) is 1. The molecule has 2 heterocycles. The van der Waals surface area contributed by atoms with Crippen LogP contribution in [0.15, 0.2) is 12.1 Å². The lowest BCUT2D eigenvalue weighted by molar-refractivity contribution is -0.233. The largest absolute Gasteiger partial charge is 0.416 e. The first-order chi connectivity index (χ1) is 11.2. The van der Waals surface area contributed by atoms with Crippen LogP contribution >= 0.6 is 0 Å². The molecule has 1 aliphatic heterocycles. The number of morpholine rings is 1. The Hall–Kier alpha value is -2.02. The van der Waals surface area contributed by atoms with Gasteiger partial charge in [0.15, 0.2) is 6.10 Å². The summed E-state index contributed by atoms with van der Waals surface area (Å²) in [5.74, 6) is -0.417. The second kappa shape index (κ2) is 5.81. The highest BCUT2D eigenvalue weighted by atomic mass is 19.4. The average molecular weight is 340 g/mol. The number of halogens is 3. The summed E-state index contributed by atoms with van der Waals surface area (Å²) in [5, 5.41) is 0.957. The van der Waals surface area contributed by atoms with E-state index in [1.807, 2.05) is 32.9 Å². The van der Waals surface area contributed by atoms with E-state index in [-0.39, 0.29) is 13.2 Å². The average Bonchev–Trinajstić information content (AvgIpc) is 2.88. The second-order valence-electron chi connectivity index (χ2n) is 6.23. The smallest absolute Gasteiger partial charge is 0.365 e. The third kappa shape index (κ3) is 2.77. The van der Waals surface area contributed by atoms with Crippen molar-refractivity contribution in [2.75, 3.05) is 19.7 Å². The van der Waals surface area contributed by atoms with Crippen molar-refractivity contribution in [1.29, 1.82) is 0 Å². The van der Waals surface area contributed by atoms with E-state index in [9.17, 15) is 18.0 Å². The van der Waals surface area contributed by atoms with Gasteiger partial charge in [0.05, 0.1) is 13.2 Å².